The lowest BCUT2D eigenvalue weighted by molar-refractivity contribution is -0.113. The molecule has 1 aromatic rings. The van der Waals surface area contributed by atoms with E-state index in [-0.39, 0.29) is 17.7 Å². The van der Waals surface area contributed by atoms with Crippen molar-refractivity contribution >= 4 is 29.1 Å². The Labute approximate surface area is 105 Å². The summed E-state index contributed by atoms with van der Waals surface area (Å²) in [5.41, 5.74) is 2.25. The number of halogens is 1. The summed E-state index contributed by atoms with van der Waals surface area (Å²) in [5.74, 6) is -0.350. The molecule has 0 unspecified atom stereocenters. The first kappa shape index (κ1) is 11.9. The van der Waals surface area contributed by atoms with Gasteiger partial charge < -0.3 is 10.2 Å². The molecule has 0 saturated carbocycles. The molecule has 1 N–H and O–H groups in total. The second kappa shape index (κ2) is 4.75. The molecular weight excluding hydrogens is 240 g/mol. The van der Waals surface area contributed by atoms with Crippen molar-refractivity contribution in [2.75, 3.05) is 24.8 Å². The number of anilines is 1. The lowest BCUT2D eigenvalue weighted by atomic mass is 9.97. The van der Waals surface area contributed by atoms with E-state index in [1.165, 1.54) is 0 Å². The van der Waals surface area contributed by atoms with Gasteiger partial charge >= 0.3 is 0 Å². The maximum absolute atomic E-state index is 11.9. The molecule has 1 heterocycles. The van der Waals surface area contributed by atoms with Crippen LogP contribution in [0.1, 0.15) is 15.9 Å². The van der Waals surface area contributed by atoms with Gasteiger partial charge in [-0.25, -0.2) is 0 Å². The summed E-state index contributed by atoms with van der Waals surface area (Å²) < 4.78 is 0. The first-order valence-electron chi connectivity index (χ1n) is 5.36. The molecule has 4 nitrogen and oxygen atoms in total. The predicted octanol–water partition coefficient (Wildman–Crippen LogP) is 1.49. The van der Waals surface area contributed by atoms with E-state index < -0.39 is 0 Å². The zero-order valence-electron chi connectivity index (χ0n) is 9.50. The zero-order valence-corrected chi connectivity index (χ0v) is 10.3. The van der Waals surface area contributed by atoms with Gasteiger partial charge in [0, 0.05) is 24.8 Å². The fourth-order valence-corrected chi connectivity index (χ4v) is 2.01. The van der Waals surface area contributed by atoms with Crippen LogP contribution in [-0.2, 0) is 11.2 Å². The van der Waals surface area contributed by atoms with Crippen LogP contribution in [0.5, 0.6) is 0 Å². The van der Waals surface area contributed by atoms with Gasteiger partial charge in [-0.15, -0.1) is 11.6 Å². The third-order valence-corrected chi connectivity index (χ3v) is 3.09. The first-order chi connectivity index (χ1) is 8.13. The summed E-state index contributed by atoms with van der Waals surface area (Å²) in [5, 5.41) is 2.71. The molecule has 1 aliphatic heterocycles. The van der Waals surface area contributed by atoms with Crippen LogP contribution in [0.4, 0.5) is 5.69 Å². The van der Waals surface area contributed by atoms with E-state index in [1.807, 2.05) is 0 Å². The fourth-order valence-electron chi connectivity index (χ4n) is 1.94. The maximum atomic E-state index is 11.9. The minimum Gasteiger partial charge on any atom is -0.341 e. The van der Waals surface area contributed by atoms with E-state index in [0.717, 1.165) is 12.0 Å². The summed E-state index contributed by atoms with van der Waals surface area (Å²) in [4.78, 5) is 24.9. The molecular formula is C12H13ClN2O2. The highest BCUT2D eigenvalue weighted by Crippen LogP contribution is 2.25. The predicted molar refractivity (Wildman–Crippen MR) is 66.5 cm³/mol. The zero-order chi connectivity index (χ0) is 12.4. The van der Waals surface area contributed by atoms with Crippen LogP contribution in [0.25, 0.3) is 0 Å². The Hall–Kier alpha value is -1.55. The van der Waals surface area contributed by atoms with E-state index in [2.05, 4.69) is 5.32 Å². The van der Waals surface area contributed by atoms with Gasteiger partial charge in [-0.05, 0) is 24.1 Å². The summed E-state index contributed by atoms with van der Waals surface area (Å²) in [7, 11) is 1.77. The largest absolute Gasteiger partial charge is 0.341 e. The number of rotatable bonds is 2. The highest BCUT2D eigenvalue weighted by Gasteiger charge is 2.23. The van der Waals surface area contributed by atoms with Gasteiger partial charge in [0.05, 0.1) is 0 Å². The van der Waals surface area contributed by atoms with Crippen LogP contribution in [0.15, 0.2) is 18.2 Å². The van der Waals surface area contributed by atoms with Crippen molar-refractivity contribution < 1.29 is 9.59 Å². The molecule has 0 atom stereocenters. The van der Waals surface area contributed by atoms with Crippen LogP contribution in [0.2, 0.25) is 0 Å². The number of nitrogens with zero attached hydrogens (tertiary/aromatic N) is 1. The first-order valence-corrected chi connectivity index (χ1v) is 5.90. The minimum atomic E-state index is -0.258. The summed E-state index contributed by atoms with van der Waals surface area (Å²) in [6, 6.07) is 5.34. The van der Waals surface area contributed by atoms with E-state index in [1.54, 1.807) is 30.1 Å². The second-order valence-corrected chi connectivity index (χ2v) is 4.26. The van der Waals surface area contributed by atoms with E-state index in [0.29, 0.717) is 17.8 Å². The fraction of sp³-hybridized carbons (Fsp3) is 0.333. The third-order valence-electron chi connectivity index (χ3n) is 2.85. The molecule has 0 aliphatic carbocycles. The molecule has 17 heavy (non-hydrogen) atoms. The Balaban J connectivity index is 2.37. The molecule has 0 fully saturated rings. The number of carbonyl (C=O) groups is 2. The highest BCUT2D eigenvalue weighted by atomic mass is 35.5. The summed E-state index contributed by atoms with van der Waals surface area (Å²) in [6.07, 6.45) is 0.746. The van der Waals surface area contributed by atoms with E-state index in [4.69, 9.17) is 11.6 Å². The highest BCUT2D eigenvalue weighted by molar-refractivity contribution is 6.29. The number of carbonyl (C=O) groups excluding carboxylic acids is 2. The molecule has 90 valence electrons. The van der Waals surface area contributed by atoms with Crippen LogP contribution in [0.3, 0.4) is 0 Å². The van der Waals surface area contributed by atoms with Gasteiger partial charge in [-0.3, -0.25) is 9.59 Å². The number of nitrogens with one attached hydrogen (secondary N) is 1. The molecule has 5 heteroatoms. The molecule has 2 rings (SSSR count). The van der Waals surface area contributed by atoms with Gasteiger partial charge in [0.15, 0.2) is 0 Å². The molecule has 0 radical (unpaired) electrons. The minimum absolute atomic E-state index is 0.00628. The number of fused-ring (bicyclic) bond motifs is 1. The Bertz CT molecular complexity index is 474. The van der Waals surface area contributed by atoms with Gasteiger partial charge in [-0.2, -0.15) is 0 Å². The number of alkyl halides is 1. The number of hydrogen-bond acceptors (Lipinski definition) is 2. The van der Waals surface area contributed by atoms with Gasteiger partial charge in [0.2, 0.25) is 5.91 Å². The molecule has 0 bridgehead atoms. The smallest absolute Gasteiger partial charge is 0.253 e. The summed E-state index contributed by atoms with van der Waals surface area (Å²) >= 11 is 5.45. The number of amides is 2. The average molecular weight is 253 g/mol. The molecule has 0 spiro atoms. The quantitative estimate of drug-likeness (QED) is 0.811. The van der Waals surface area contributed by atoms with Crippen LogP contribution >= 0.6 is 11.6 Å². The molecule has 0 aromatic heterocycles. The average Bonchev–Trinajstić information content (AvgIpc) is 2.34. The Morgan fingerprint density at radius 2 is 2.29 bits per heavy atom. The third kappa shape index (κ3) is 2.26. The van der Waals surface area contributed by atoms with Gasteiger partial charge in [0.25, 0.3) is 5.91 Å². The monoisotopic (exact) mass is 252 g/mol. The maximum Gasteiger partial charge on any atom is 0.253 e. The van der Waals surface area contributed by atoms with Crippen molar-refractivity contribution in [3.05, 3.63) is 29.3 Å². The lowest BCUT2D eigenvalue weighted by Crippen LogP contribution is -2.34. The Kier molecular flexibility index (Phi) is 3.33. The Morgan fingerprint density at radius 1 is 1.53 bits per heavy atom. The van der Waals surface area contributed by atoms with Crippen molar-refractivity contribution in [2.45, 2.75) is 6.42 Å². The number of benzene rings is 1. The number of hydrogen-bond donors (Lipinski definition) is 1. The topological polar surface area (TPSA) is 49.4 Å². The van der Waals surface area contributed by atoms with Crippen molar-refractivity contribution in [3.8, 4) is 0 Å². The van der Waals surface area contributed by atoms with Gasteiger partial charge in [-0.1, -0.05) is 6.07 Å². The van der Waals surface area contributed by atoms with Crippen LogP contribution in [0, 0.1) is 0 Å². The van der Waals surface area contributed by atoms with Crippen LogP contribution < -0.4 is 5.32 Å². The molecule has 2 amide bonds. The van der Waals surface area contributed by atoms with Crippen LogP contribution in [-0.4, -0.2) is 36.2 Å². The van der Waals surface area contributed by atoms with E-state index >= 15 is 0 Å². The van der Waals surface area contributed by atoms with Crippen molar-refractivity contribution in [2.24, 2.45) is 0 Å². The van der Waals surface area contributed by atoms with Gasteiger partial charge in [0.1, 0.15) is 5.88 Å². The van der Waals surface area contributed by atoms with Crippen molar-refractivity contribution in [1.29, 1.82) is 0 Å². The van der Waals surface area contributed by atoms with E-state index in [9.17, 15) is 9.59 Å². The second-order valence-electron chi connectivity index (χ2n) is 3.99. The Morgan fingerprint density at radius 3 is 3.00 bits per heavy atom. The molecule has 1 aromatic carbocycles. The molecule has 1 aliphatic rings. The number of likely N-dealkylation sites (N-methyl/N-ethyl adjacent to an activating group) is 1. The normalized spacial score (nSPS) is 14.5. The molecule has 0 saturated heterocycles. The van der Waals surface area contributed by atoms with Crippen molar-refractivity contribution in [1.82, 2.24) is 4.90 Å². The van der Waals surface area contributed by atoms with Crippen molar-refractivity contribution in [3.63, 3.8) is 0 Å². The summed E-state index contributed by atoms with van der Waals surface area (Å²) in [6.45, 7) is 0.666. The standard InChI is InChI=1S/C12H13ClN2O2/c1-15-6-5-8-9(12(15)17)3-2-4-10(8)14-11(16)7-13/h2-4H,5-7H2,1H3,(H,14,16). The lowest BCUT2D eigenvalue weighted by Gasteiger charge is -2.26. The SMILES string of the molecule is CN1CCc2c(NC(=O)CCl)cccc2C1=O.